The Labute approximate surface area is 115 Å². The maximum atomic E-state index is 11.6. The SMILES string of the molecule is O=C1CC(=O)N(c2c(Br)cc(Cl)cc2[N+](=O)[O-])C1. The lowest BCUT2D eigenvalue weighted by Crippen LogP contribution is -2.25. The molecule has 0 radical (unpaired) electrons. The van der Waals surface area contributed by atoms with E-state index in [1.807, 2.05) is 0 Å². The average molecular weight is 334 g/mol. The Morgan fingerprint density at radius 3 is 2.56 bits per heavy atom. The minimum atomic E-state index is -0.637. The van der Waals surface area contributed by atoms with Crippen LogP contribution in [0.4, 0.5) is 11.4 Å². The normalized spacial score (nSPS) is 15.3. The van der Waals surface area contributed by atoms with Crippen molar-refractivity contribution in [2.75, 3.05) is 11.4 Å². The summed E-state index contributed by atoms with van der Waals surface area (Å²) in [5.74, 6) is -0.720. The number of amides is 1. The highest BCUT2D eigenvalue weighted by molar-refractivity contribution is 9.10. The Hall–Kier alpha value is -1.47. The summed E-state index contributed by atoms with van der Waals surface area (Å²) in [6, 6.07) is 2.59. The van der Waals surface area contributed by atoms with Crippen molar-refractivity contribution in [3.8, 4) is 0 Å². The first-order chi connectivity index (χ1) is 8.40. The van der Waals surface area contributed by atoms with Gasteiger partial charge in [-0.1, -0.05) is 11.6 Å². The fourth-order valence-corrected chi connectivity index (χ4v) is 2.76. The summed E-state index contributed by atoms with van der Waals surface area (Å²) >= 11 is 8.86. The van der Waals surface area contributed by atoms with Crippen molar-refractivity contribution in [3.63, 3.8) is 0 Å². The third-order valence-corrected chi connectivity index (χ3v) is 3.28. The Balaban J connectivity index is 2.59. The van der Waals surface area contributed by atoms with Gasteiger partial charge < -0.3 is 0 Å². The smallest absolute Gasteiger partial charge is 0.295 e. The molecular formula is C10H6BrClN2O4. The van der Waals surface area contributed by atoms with Crippen LogP contribution in [0.2, 0.25) is 5.02 Å². The maximum absolute atomic E-state index is 11.6. The van der Waals surface area contributed by atoms with Crippen LogP contribution in [0.15, 0.2) is 16.6 Å². The van der Waals surface area contributed by atoms with Crippen LogP contribution in [-0.4, -0.2) is 23.2 Å². The largest absolute Gasteiger partial charge is 0.298 e. The van der Waals surface area contributed by atoms with Crippen molar-refractivity contribution in [2.24, 2.45) is 0 Å². The Kier molecular flexibility index (Phi) is 3.36. The van der Waals surface area contributed by atoms with Gasteiger partial charge in [-0.3, -0.25) is 24.6 Å². The third kappa shape index (κ3) is 2.23. The first kappa shape index (κ1) is 13.0. The predicted octanol–water partition coefficient (Wildman–Crippen LogP) is 2.32. The van der Waals surface area contributed by atoms with E-state index in [1.165, 1.54) is 6.07 Å². The summed E-state index contributed by atoms with van der Waals surface area (Å²) in [6.07, 6.45) is -0.230. The molecule has 1 aromatic carbocycles. The molecule has 0 spiro atoms. The van der Waals surface area contributed by atoms with Crippen LogP contribution in [-0.2, 0) is 9.59 Å². The lowest BCUT2D eigenvalue weighted by molar-refractivity contribution is -0.384. The van der Waals surface area contributed by atoms with Gasteiger partial charge in [0.1, 0.15) is 5.69 Å². The summed E-state index contributed by atoms with van der Waals surface area (Å²) in [4.78, 5) is 34.3. The highest BCUT2D eigenvalue weighted by Crippen LogP contribution is 2.39. The second-order valence-corrected chi connectivity index (χ2v) is 5.00. The van der Waals surface area contributed by atoms with Gasteiger partial charge in [0.15, 0.2) is 5.78 Å². The third-order valence-electron chi connectivity index (χ3n) is 2.46. The number of anilines is 1. The summed E-state index contributed by atoms with van der Waals surface area (Å²) < 4.78 is 0.310. The van der Waals surface area contributed by atoms with Crippen molar-refractivity contribution in [1.29, 1.82) is 0 Å². The molecule has 1 amide bonds. The van der Waals surface area contributed by atoms with Gasteiger partial charge in [0.05, 0.1) is 17.9 Å². The van der Waals surface area contributed by atoms with E-state index in [4.69, 9.17) is 11.6 Å². The molecule has 1 heterocycles. The van der Waals surface area contributed by atoms with Crippen molar-refractivity contribution < 1.29 is 14.5 Å². The molecule has 2 rings (SSSR count). The highest BCUT2D eigenvalue weighted by atomic mass is 79.9. The van der Waals surface area contributed by atoms with Gasteiger partial charge in [0, 0.05) is 15.6 Å². The van der Waals surface area contributed by atoms with Crippen molar-refractivity contribution in [2.45, 2.75) is 6.42 Å². The number of rotatable bonds is 2. The molecule has 1 saturated heterocycles. The molecule has 6 nitrogen and oxygen atoms in total. The van der Waals surface area contributed by atoms with Crippen LogP contribution in [0, 0.1) is 10.1 Å². The number of nitro groups is 1. The van der Waals surface area contributed by atoms with Gasteiger partial charge in [0.25, 0.3) is 5.69 Å². The second kappa shape index (κ2) is 4.66. The van der Waals surface area contributed by atoms with Crippen LogP contribution < -0.4 is 4.90 Å². The number of hydrogen-bond acceptors (Lipinski definition) is 4. The quantitative estimate of drug-likeness (QED) is 0.472. The van der Waals surface area contributed by atoms with E-state index in [0.717, 1.165) is 11.0 Å². The molecule has 18 heavy (non-hydrogen) atoms. The number of nitrogens with zero attached hydrogens (tertiary/aromatic N) is 2. The number of halogens is 2. The Morgan fingerprint density at radius 2 is 2.06 bits per heavy atom. The maximum Gasteiger partial charge on any atom is 0.295 e. The van der Waals surface area contributed by atoms with Gasteiger partial charge in [-0.2, -0.15) is 0 Å². The van der Waals surface area contributed by atoms with Crippen LogP contribution in [0.5, 0.6) is 0 Å². The molecule has 0 N–H and O–H groups in total. The van der Waals surface area contributed by atoms with Crippen molar-refractivity contribution in [1.82, 2.24) is 0 Å². The first-order valence-corrected chi connectivity index (χ1v) is 6.02. The van der Waals surface area contributed by atoms with Gasteiger partial charge in [-0.05, 0) is 22.0 Å². The Morgan fingerprint density at radius 1 is 1.39 bits per heavy atom. The number of carbonyl (C=O) groups excluding carboxylic acids is 2. The molecule has 0 aromatic heterocycles. The standard InChI is InChI=1S/C10H6BrClN2O4/c11-7-1-5(12)2-8(14(17)18)10(7)13-4-6(15)3-9(13)16/h1-2H,3-4H2. The molecule has 1 fully saturated rings. The van der Waals surface area contributed by atoms with Gasteiger partial charge in [-0.25, -0.2) is 0 Å². The number of nitro benzene ring substituents is 1. The van der Waals surface area contributed by atoms with E-state index in [0.29, 0.717) is 4.47 Å². The van der Waals surface area contributed by atoms with Gasteiger partial charge in [-0.15, -0.1) is 0 Å². The highest BCUT2D eigenvalue weighted by Gasteiger charge is 2.34. The van der Waals surface area contributed by atoms with E-state index >= 15 is 0 Å². The van der Waals surface area contributed by atoms with E-state index in [1.54, 1.807) is 0 Å². The topological polar surface area (TPSA) is 80.5 Å². The number of benzene rings is 1. The summed E-state index contributed by atoms with van der Waals surface area (Å²) in [5, 5.41) is 11.2. The fraction of sp³-hybridized carbons (Fsp3) is 0.200. The second-order valence-electron chi connectivity index (χ2n) is 3.71. The molecule has 0 unspecified atom stereocenters. The molecule has 0 bridgehead atoms. The molecule has 0 aliphatic carbocycles. The lowest BCUT2D eigenvalue weighted by atomic mass is 10.2. The molecule has 1 aliphatic rings. The van der Waals surface area contributed by atoms with E-state index in [-0.39, 0.29) is 35.1 Å². The van der Waals surface area contributed by atoms with Crippen LogP contribution in [0.1, 0.15) is 6.42 Å². The summed E-state index contributed by atoms with van der Waals surface area (Å²) in [6.45, 7) is -0.153. The number of Topliss-reactive ketones (excluding diaryl/α,β-unsaturated/α-hetero) is 1. The minimum absolute atomic E-state index is 0.0697. The first-order valence-electron chi connectivity index (χ1n) is 4.85. The van der Waals surface area contributed by atoms with Gasteiger partial charge in [0.2, 0.25) is 5.91 Å². The van der Waals surface area contributed by atoms with E-state index in [9.17, 15) is 19.7 Å². The molecule has 0 saturated carbocycles. The van der Waals surface area contributed by atoms with E-state index in [2.05, 4.69) is 15.9 Å². The van der Waals surface area contributed by atoms with Gasteiger partial charge >= 0.3 is 0 Å². The Bertz CT molecular complexity index is 575. The lowest BCUT2D eigenvalue weighted by Gasteiger charge is -2.16. The zero-order chi connectivity index (χ0) is 13.4. The number of carbonyl (C=O) groups is 2. The molecule has 94 valence electrons. The van der Waals surface area contributed by atoms with Crippen LogP contribution in [0.3, 0.4) is 0 Å². The summed E-state index contributed by atoms with van der Waals surface area (Å²) in [7, 11) is 0. The average Bonchev–Trinajstić information content (AvgIpc) is 2.56. The van der Waals surface area contributed by atoms with Crippen molar-refractivity contribution in [3.05, 3.63) is 31.7 Å². The fourth-order valence-electron chi connectivity index (χ4n) is 1.75. The minimum Gasteiger partial charge on any atom is -0.298 e. The van der Waals surface area contributed by atoms with Crippen LogP contribution in [0.25, 0.3) is 0 Å². The molecule has 1 aliphatic heterocycles. The molecule has 0 atom stereocenters. The predicted molar refractivity (Wildman–Crippen MR) is 67.8 cm³/mol. The number of hydrogen-bond donors (Lipinski definition) is 0. The monoisotopic (exact) mass is 332 g/mol. The van der Waals surface area contributed by atoms with E-state index < -0.39 is 10.8 Å². The van der Waals surface area contributed by atoms with Crippen molar-refractivity contribution >= 4 is 50.6 Å². The zero-order valence-electron chi connectivity index (χ0n) is 8.85. The zero-order valence-corrected chi connectivity index (χ0v) is 11.2. The van der Waals surface area contributed by atoms with Crippen LogP contribution >= 0.6 is 27.5 Å². The summed E-state index contributed by atoms with van der Waals surface area (Å²) in [5.41, 5.74) is -0.238. The number of ketones is 1. The molecule has 8 heteroatoms. The molecular weight excluding hydrogens is 327 g/mol. The molecule has 1 aromatic rings.